The van der Waals surface area contributed by atoms with E-state index in [4.69, 9.17) is 4.74 Å². The first-order valence-corrected chi connectivity index (χ1v) is 6.77. The van der Waals surface area contributed by atoms with Gasteiger partial charge < -0.3 is 9.84 Å². The molecule has 3 heteroatoms. The molecule has 2 nitrogen and oxygen atoms in total. The average molecular weight is 284 g/mol. The van der Waals surface area contributed by atoms with Gasteiger partial charge in [0.1, 0.15) is 22.9 Å². The fraction of sp³-hybridized carbons (Fsp3) is 0.222. The Labute approximate surface area is 124 Å². The van der Waals surface area contributed by atoms with Crippen molar-refractivity contribution in [2.24, 2.45) is 0 Å². The molecule has 2 aromatic carbocycles. The van der Waals surface area contributed by atoms with E-state index in [1.807, 2.05) is 19.1 Å². The largest absolute Gasteiger partial charge is 0.457 e. The molecule has 1 atom stereocenters. The Kier molecular flexibility index (Phi) is 4.62. The van der Waals surface area contributed by atoms with Gasteiger partial charge in [0.25, 0.3) is 0 Å². The van der Waals surface area contributed by atoms with Crippen molar-refractivity contribution in [3.63, 3.8) is 0 Å². The molecular weight excluding hydrogens is 267 g/mol. The van der Waals surface area contributed by atoms with Crippen LogP contribution in [0.5, 0.6) is 11.5 Å². The van der Waals surface area contributed by atoms with E-state index in [9.17, 15) is 9.50 Å². The smallest absolute Gasteiger partial charge is 0.127 e. The molecule has 2 rings (SSSR count). The molecule has 0 amide bonds. The quantitative estimate of drug-likeness (QED) is 0.859. The first-order valence-electron chi connectivity index (χ1n) is 6.77. The lowest BCUT2D eigenvalue weighted by molar-refractivity contribution is 0.118. The number of rotatable bonds is 3. The Morgan fingerprint density at radius 2 is 1.57 bits per heavy atom. The third kappa shape index (κ3) is 4.62. The highest BCUT2D eigenvalue weighted by atomic mass is 19.1. The van der Waals surface area contributed by atoms with E-state index in [1.54, 1.807) is 31.2 Å². The maximum Gasteiger partial charge on any atom is 0.127 e. The number of halogens is 1. The molecule has 1 N–H and O–H groups in total. The van der Waals surface area contributed by atoms with Crippen molar-refractivity contribution in [2.45, 2.75) is 25.9 Å². The molecule has 0 fully saturated rings. The highest BCUT2D eigenvalue weighted by Gasteiger charge is 2.12. The summed E-state index contributed by atoms with van der Waals surface area (Å²) >= 11 is 0. The summed E-state index contributed by atoms with van der Waals surface area (Å²) in [6.07, 6.45) is 0.575. The molecule has 0 heterocycles. The van der Waals surface area contributed by atoms with E-state index in [1.165, 1.54) is 12.1 Å². The van der Waals surface area contributed by atoms with Crippen LogP contribution < -0.4 is 4.74 Å². The van der Waals surface area contributed by atoms with Crippen LogP contribution in [0.25, 0.3) is 0 Å². The normalized spacial score (nSPS) is 13.0. The summed E-state index contributed by atoms with van der Waals surface area (Å²) in [5, 5.41) is 9.83. The maximum absolute atomic E-state index is 12.8. The second-order valence-electron chi connectivity index (χ2n) is 4.96. The van der Waals surface area contributed by atoms with Gasteiger partial charge in [-0.1, -0.05) is 18.8 Å². The molecule has 108 valence electrons. The van der Waals surface area contributed by atoms with E-state index in [0.717, 1.165) is 5.56 Å². The standard InChI is InChI=1S/C18H17FO2/c1-3-18(2,20)13-12-14-4-8-16(9-5-14)21-17-10-6-15(19)7-11-17/h4-11,20H,3H2,1-2H3. The second-order valence-corrected chi connectivity index (χ2v) is 4.96. The van der Waals surface area contributed by atoms with Gasteiger partial charge in [-0.15, -0.1) is 0 Å². The molecule has 0 saturated carbocycles. The van der Waals surface area contributed by atoms with Crippen LogP contribution in [-0.4, -0.2) is 10.7 Å². The van der Waals surface area contributed by atoms with Gasteiger partial charge in [0, 0.05) is 5.56 Å². The average Bonchev–Trinajstić information content (AvgIpc) is 2.49. The first-order chi connectivity index (χ1) is 9.98. The zero-order chi connectivity index (χ0) is 15.3. The maximum atomic E-state index is 12.8. The number of aliphatic hydroxyl groups is 1. The molecule has 21 heavy (non-hydrogen) atoms. The number of ether oxygens (including phenoxy) is 1. The van der Waals surface area contributed by atoms with Crippen molar-refractivity contribution >= 4 is 0 Å². The lowest BCUT2D eigenvalue weighted by Crippen LogP contribution is -2.19. The van der Waals surface area contributed by atoms with E-state index < -0.39 is 5.60 Å². The predicted octanol–water partition coefficient (Wildman–Crippen LogP) is 4.13. The molecule has 0 saturated heterocycles. The van der Waals surface area contributed by atoms with Gasteiger partial charge in [-0.3, -0.25) is 0 Å². The van der Waals surface area contributed by atoms with Crippen molar-refractivity contribution in [3.8, 4) is 23.3 Å². The van der Waals surface area contributed by atoms with Crippen LogP contribution in [0, 0.1) is 17.7 Å². The highest BCUT2D eigenvalue weighted by molar-refractivity contribution is 5.41. The summed E-state index contributed by atoms with van der Waals surface area (Å²) in [7, 11) is 0. The van der Waals surface area contributed by atoms with E-state index in [-0.39, 0.29) is 5.82 Å². The van der Waals surface area contributed by atoms with Gasteiger partial charge in [0.2, 0.25) is 0 Å². The minimum atomic E-state index is -0.969. The lowest BCUT2D eigenvalue weighted by Gasteiger charge is -2.11. The topological polar surface area (TPSA) is 29.5 Å². The first kappa shape index (κ1) is 15.1. The summed E-state index contributed by atoms with van der Waals surface area (Å²) in [5.41, 5.74) is -0.168. The second kappa shape index (κ2) is 6.43. The van der Waals surface area contributed by atoms with Gasteiger partial charge >= 0.3 is 0 Å². The molecule has 0 aliphatic rings. The van der Waals surface area contributed by atoms with E-state index in [2.05, 4.69) is 11.8 Å². The van der Waals surface area contributed by atoms with Crippen LogP contribution in [0.15, 0.2) is 48.5 Å². The molecule has 0 spiro atoms. The summed E-state index contributed by atoms with van der Waals surface area (Å²) in [4.78, 5) is 0. The Morgan fingerprint density at radius 1 is 1.05 bits per heavy atom. The fourth-order valence-electron chi connectivity index (χ4n) is 1.54. The molecule has 0 radical (unpaired) electrons. The number of hydrogen-bond acceptors (Lipinski definition) is 2. The molecule has 0 aliphatic carbocycles. The van der Waals surface area contributed by atoms with Crippen LogP contribution in [0.2, 0.25) is 0 Å². The summed E-state index contributed by atoms with van der Waals surface area (Å²) in [5.74, 6) is 6.68. The van der Waals surface area contributed by atoms with Gasteiger partial charge in [-0.2, -0.15) is 0 Å². The summed E-state index contributed by atoms with van der Waals surface area (Å²) in [6, 6.07) is 13.0. The fourth-order valence-corrected chi connectivity index (χ4v) is 1.54. The van der Waals surface area contributed by atoms with Crippen molar-refractivity contribution in [1.29, 1.82) is 0 Å². The lowest BCUT2D eigenvalue weighted by atomic mass is 10.0. The van der Waals surface area contributed by atoms with Crippen LogP contribution >= 0.6 is 0 Å². The Balaban J connectivity index is 2.07. The zero-order valence-electron chi connectivity index (χ0n) is 12.1. The molecule has 0 aliphatic heterocycles. The van der Waals surface area contributed by atoms with E-state index in [0.29, 0.717) is 17.9 Å². The predicted molar refractivity (Wildman–Crippen MR) is 80.7 cm³/mol. The van der Waals surface area contributed by atoms with Crippen LogP contribution in [-0.2, 0) is 0 Å². The van der Waals surface area contributed by atoms with Gasteiger partial charge in [-0.05, 0) is 61.9 Å². The van der Waals surface area contributed by atoms with Gasteiger partial charge in [-0.25, -0.2) is 4.39 Å². The SMILES string of the molecule is CCC(C)(O)C#Cc1ccc(Oc2ccc(F)cc2)cc1. The Bertz CT molecular complexity index is 646. The molecular formula is C18H17FO2. The van der Waals surface area contributed by atoms with Gasteiger partial charge in [0.15, 0.2) is 0 Å². The van der Waals surface area contributed by atoms with Gasteiger partial charge in [0.05, 0.1) is 0 Å². The van der Waals surface area contributed by atoms with E-state index >= 15 is 0 Å². The molecule has 0 aromatic heterocycles. The molecule has 2 aromatic rings. The van der Waals surface area contributed by atoms with Crippen LogP contribution in [0.1, 0.15) is 25.8 Å². The minimum absolute atomic E-state index is 0.295. The van der Waals surface area contributed by atoms with Crippen molar-refractivity contribution in [1.82, 2.24) is 0 Å². The van der Waals surface area contributed by atoms with Crippen LogP contribution in [0.4, 0.5) is 4.39 Å². The molecule has 1 unspecified atom stereocenters. The third-order valence-electron chi connectivity index (χ3n) is 3.07. The third-order valence-corrected chi connectivity index (χ3v) is 3.07. The van der Waals surface area contributed by atoms with Crippen LogP contribution in [0.3, 0.4) is 0 Å². The zero-order valence-corrected chi connectivity index (χ0v) is 12.1. The van der Waals surface area contributed by atoms with Crippen molar-refractivity contribution in [2.75, 3.05) is 0 Å². The monoisotopic (exact) mass is 284 g/mol. The summed E-state index contributed by atoms with van der Waals surface area (Å²) in [6.45, 7) is 3.57. The number of benzene rings is 2. The van der Waals surface area contributed by atoms with Crippen molar-refractivity contribution in [3.05, 3.63) is 59.9 Å². The van der Waals surface area contributed by atoms with Crippen molar-refractivity contribution < 1.29 is 14.2 Å². The Morgan fingerprint density at radius 3 is 2.10 bits per heavy atom. The summed E-state index contributed by atoms with van der Waals surface area (Å²) < 4.78 is 18.4. The number of hydrogen-bond donors (Lipinski definition) is 1. The Hall–Kier alpha value is -2.31. The minimum Gasteiger partial charge on any atom is -0.457 e. The molecule has 0 bridgehead atoms. The highest BCUT2D eigenvalue weighted by Crippen LogP contribution is 2.21.